The van der Waals surface area contributed by atoms with Crippen LogP contribution in [-0.2, 0) is 9.59 Å². The molecule has 7 nitrogen and oxygen atoms in total. The zero-order valence-electron chi connectivity index (χ0n) is 9.97. The van der Waals surface area contributed by atoms with Gasteiger partial charge in [-0.2, -0.15) is 0 Å². The molecule has 0 saturated carbocycles. The first-order valence-electron chi connectivity index (χ1n) is 5.44. The number of amides is 3. The lowest BCUT2D eigenvalue weighted by atomic mass is 10.2. The Bertz CT molecular complexity index is 626. The van der Waals surface area contributed by atoms with Crippen LogP contribution in [0.2, 0.25) is 5.02 Å². The van der Waals surface area contributed by atoms with E-state index < -0.39 is 24.5 Å². The summed E-state index contributed by atoms with van der Waals surface area (Å²) in [6.07, 6.45) is 1.44. The van der Waals surface area contributed by atoms with Crippen LogP contribution in [0, 0.1) is 0 Å². The molecule has 1 aliphatic heterocycles. The van der Waals surface area contributed by atoms with Gasteiger partial charge in [-0.15, -0.1) is 0 Å². The van der Waals surface area contributed by atoms with E-state index in [1.807, 2.05) is 0 Å². The normalized spacial score (nSPS) is 15.9. The second-order valence-electron chi connectivity index (χ2n) is 3.84. The number of carboxylic acids is 1. The quantitative estimate of drug-likeness (QED) is 0.567. The van der Waals surface area contributed by atoms with E-state index in [9.17, 15) is 14.4 Å². The van der Waals surface area contributed by atoms with Gasteiger partial charge in [0.1, 0.15) is 11.4 Å². The molecular formula is C12H9ClN2O5. The van der Waals surface area contributed by atoms with Gasteiger partial charge in [0.05, 0.1) is 5.02 Å². The molecule has 1 heterocycles. The fraction of sp³-hybridized carbons (Fsp3) is 0.0833. The first kappa shape index (κ1) is 13.9. The molecule has 1 fully saturated rings. The number of ether oxygens (including phenoxy) is 1. The van der Waals surface area contributed by atoms with Gasteiger partial charge in [-0.3, -0.25) is 10.1 Å². The van der Waals surface area contributed by atoms with Crippen molar-refractivity contribution in [1.82, 2.24) is 10.6 Å². The molecule has 0 atom stereocenters. The van der Waals surface area contributed by atoms with E-state index in [0.29, 0.717) is 5.56 Å². The average molecular weight is 297 g/mol. The Morgan fingerprint density at radius 2 is 2.10 bits per heavy atom. The van der Waals surface area contributed by atoms with E-state index in [-0.39, 0.29) is 16.5 Å². The maximum Gasteiger partial charge on any atom is 0.341 e. The van der Waals surface area contributed by atoms with Gasteiger partial charge in [0.15, 0.2) is 6.61 Å². The number of carbonyl (C=O) groups excluding carboxylic acids is 2. The third-order valence-electron chi connectivity index (χ3n) is 2.34. The zero-order valence-corrected chi connectivity index (χ0v) is 10.7. The van der Waals surface area contributed by atoms with Crippen molar-refractivity contribution >= 4 is 35.6 Å². The van der Waals surface area contributed by atoms with Crippen LogP contribution in [0.1, 0.15) is 5.56 Å². The maximum atomic E-state index is 11.3. The Balaban J connectivity index is 2.17. The van der Waals surface area contributed by atoms with Crippen LogP contribution in [0.25, 0.3) is 6.08 Å². The number of halogens is 1. The summed E-state index contributed by atoms with van der Waals surface area (Å²) in [5.41, 5.74) is 0.662. The number of hydrogen-bond acceptors (Lipinski definition) is 4. The highest BCUT2D eigenvalue weighted by Gasteiger charge is 2.22. The minimum absolute atomic E-state index is 0.102. The third-order valence-corrected chi connectivity index (χ3v) is 2.63. The van der Waals surface area contributed by atoms with E-state index in [1.165, 1.54) is 18.2 Å². The molecule has 1 aromatic carbocycles. The van der Waals surface area contributed by atoms with E-state index in [4.69, 9.17) is 21.4 Å². The van der Waals surface area contributed by atoms with E-state index in [1.54, 1.807) is 6.07 Å². The largest absolute Gasteiger partial charge is 0.480 e. The molecule has 2 rings (SSSR count). The smallest absolute Gasteiger partial charge is 0.341 e. The number of hydrogen-bond donors (Lipinski definition) is 3. The molecule has 3 N–H and O–H groups in total. The fourth-order valence-electron chi connectivity index (χ4n) is 1.51. The molecular weight excluding hydrogens is 288 g/mol. The number of carbonyl (C=O) groups is 3. The molecule has 0 aliphatic carbocycles. The second kappa shape index (κ2) is 5.62. The average Bonchev–Trinajstić information content (AvgIpc) is 2.66. The van der Waals surface area contributed by atoms with Crippen molar-refractivity contribution in [2.24, 2.45) is 0 Å². The van der Waals surface area contributed by atoms with Crippen LogP contribution in [0.5, 0.6) is 5.75 Å². The van der Waals surface area contributed by atoms with Gasteiger partial charge in [-0.1, -0.05) is 17.7 Å². The summed E-state index contributed by atoms with van der Waals surface area (Å²) in [5, 5.41) is 13.1. The summed E-state index contributed by atoms with van der Waals surface area (Å²) in [7, 11) is 0. The Labute approximate surface area is 118 Å². The molecule has 3 amide bonds. The second-order valence-corrected chi connectivity index (χ2v) is 4.25. The van der Waals surface area contributed by atoms with Gasteiger partial charge in [0, 0.05) is 0 Å². The number of urea groups is 1. The number of benzene rings is 1. The summed E-state index contributed by atoms with van der Waals surface area (Å²) in [5.74, 6) is -1.42. The monoisotopic (exact) mass is 296 g/mol. The predicted molar refractivity (Wildman–Crippen MR) is 69.2 cm³/mol. The molecule has 0 bridgehead atoms. The highest BCUT2D eigenvalue weighted by molar-refractivity contribution is 6.32. The molecule has 8 heteroatoms. The number of rotatable bonds is 4. The van der Waals surface area contributed by atoms with Crippen molar-refractivity contribution in [3.8, 4) is 5.75 Å². The number of nitrogens with one attached hydrogen (secondary N) is 2. The molecule has 0 aromatic heterocycles. The van der Waals surface area contributed by atoms with Gasteiger partial charge < -0.3 is 15.2 Å². The molecule has 1 aliphatic rings. The lowest BCUT2D eigenvalue weighted by molar-refractivity contribution is -0.139. The molecule has 0 spiro atoms. The number of carboxylic acid groups (broad SMARTS) is 1. The predicted octanol–water partition coefficient (Wildman–Crippen LogP) is 0.984. The topological polar surface area (TPSA) is 105 Å². The Hall–Kier alpha value is -2.54. The van der Waals surface area contributed by atoms with Crippen LogP contribution in [0.4, 0.5) is 4.79 Å². The number of imide groups is 1. The van der Waals surface area contributed by atoms with E-state index >= 15 is 0 Å². The summed E-state index contributed by atoms with van der Waals surface area (Å²) in [6.45, 7) is -0.501. The van der Waals surface area contributed by atoms with Crippen LogP contribution < -0.4 is 15.4 Å². The van der Waals surface area contributed by atoms with Crippen LogP contribution in [0.15, 0.2) is 23.9 Å². The molecule has 104 valence electrons. The first-order valence-corrected chi connectivity index (χ1v) is 5.81. The summed E-state index contributed by atoms with van der Waals surface area (Å²) in [4.78, 5) is 32.7. The van der Waals surface area contributed by atoms with Gasteiger partial charge >= 0.3 is 12.0 Å². The first-order chi connectivity index (χ1) is 9.45. The lowest BCUT2D eigenvalue weighted by Gasteiger charge is -2.06. The van der Waals surface area contributed by atoms with Gasteiger partial charge in [-0.25, -0.2) is 9.59 Å². The van der Waals surface area contributed by atoms with E-state index in [0.717, 1.165) is 0 Å². The van der Waals surface area contributed by atoms with Crippen molar-refractivity contribution in [2.45, 2.75) is 0 Å². The third kappa shape index (κ3) is 3.27. The summed E-state index contributed by atoms with van der Waals surface area (Å²) in [6, 6.07) is 3.96. The number of aliphatic carboxylic acids is 1. The zero-order chi connectivity index (χ0) is 14.7. The Morgan fingerprint density at radius 1 is 1.35 bits per heavy atom. The van der Waals surface area contributed by atoms with Gasteiger partial charge in [0.25, 0.3) is 5.91 Å². The fourth-order valence-corrected chi connectivity index (χ4v) is 1.76. The summed E-state index contributed by atoms with van der Waals surface area (Å²) >= 11 is 5.93. The van der Waals surface area contributed by atoms with Gasteiger partial charge in [0.2, 0.25) is 0 Å². The van der Waals surface area contributed by atoms with Crippen LogP contribution in [0.3, 0.4) is 0 Å². The highest BCUT2D eigenvalue weighted by atomic mass is 35.5. The molecule has 0 unspecified atom stereocenters. The van der Waals surface area contributed by atoms with Gasteiger partial charge in [-0.05, 0) is 23.8 Å². The van der Waals surface area contributed by atoms with Crippen molar-refractivity contribution in [1.29, 1.82) is 0 Å². The molecule has 20 heavy (non-hydrogen) atoms. The maximum absolute atomic E-state index is 11.3. The lowest BCUT2D eigenvalue weighted by Crippen LogP contribution is -2.22. The minimum atomic E-state index is -1.11. The van der Waals surface area contributed by atoms with Crippen LogP contribution in [-0.4, -0.2) is 29.6 Å². The van der Waals surface area contributed by atoms with Crippen LogP contribution >= 0.6 is 11.6 Å². The van der Waals surface area contributed by atoms with Crippen molar-refractivity contribution in [3.05, 3.63) is 34.5 Å². The highest BCUT2D eigenvalue weighted by Crippen LogP contribution is 2.26. The van der Waals surface area contributed by atoms with Crippen molar-refractivity contribution in [2.75, 3.05) is 6.61 Å². The minimum Gasteiger partial charge on any atom is -0.480 e. The Morgan fingerprint density at radius 3 is 2.65 bits per heavy atom. The van der Waals surface area contributed by atoms with Crippen molar-refractivity contribution in [3.63, 3.8) is 0 Å². The molecule has 1 aromatic rings. The molecule has 0 radical (unpaired) electrons. The van der Waals surface area contributed by atoms with Crippen molar-refractivity contribution < 1.29 is 24.2 Å². The Kier molecular flexibility index (Phi) is 3.90. The summed E-state index contributed by atoms with van der Waals surface area (Å²) < 4.78 is 4.96. The molecule has 1 saturated heterocycles. The SMILES string of the molecule is O=C(O)COc1ccc(/C=C2\NC(=O)NC2=O)cc1Cl. The van der Waals surface area contributed by atoms with E-state index in [2.05, 4.69) is 10.6 Å². The standard InChI is InChI=1S/C12H9ClN2O5/c13-7-3-6(1-2-9(7)20-5-10(16)17)4-8-11(18)15-12(19)14-8/h1-4H,5H2,(H,16,17)(H2,14,15,18,19)/b8-4-.